The molecule has 0 aromatic heterocycles. The van der Waals surface area contributed by atoms with Gasteiger partial charge in [0, 0.05) is 19.6 Å². The third-order valence-electron chi connectivity index (χ3n) is 4.23. The summed E-state index contributed by atoms with van der Waals surface area (Å²) in [5.41, 5.74) is -0.640. The van der Waals surface area contributed by atoms with Gasteiger partial charge >= 0.3 is 0 Å². The van der Waals surface area contributed by atoms with Gasteiger partial charge in [-0.2, -0.15) is 5.26 Å². The molecule has 21 heavy (non-hydrogen) atoms. The summed E-state index contributed by atoms with van der Waals surface area (Å²) in [4.78, 5) is 14.1. The Labute approximate surface area is 126 Å². The molecular formula is C15H26N4O2. The lowest BCUT2D eigenvalue weighted by Gasteiger charge is -2.32. The quantitative estimate of drug-likeness (QED) is 0.760. The molecule has 1 amide bonds. The Morgan fingerprint density at radius 3 is 2.86 bits per heavy atom. The predicted molar refractivity (Wildman–Crippen MR) is 79.7 cm³/mol. The van der Waals surface area contributed by atoms with Crippen LogP contribution in [0.15, 0.2) is 0 Å². The van der Waals surface area contributed by atoms with Gasteiger partial charge in [0.1, 0.15) is 5.54 Å². The summed E-state index contributed by atoms with van der Waals surface area (Å²) in [6.45, 7) is 3.48. The van der Waals surface area contributed by atoms with Crippen LogP contribution in [-0.2, 0) is 9.53 Å². The van der Waals surface area contributed by atoms with E-state index in [9.17, 15) is 10.1 Å². The Kier molecular flexibility index (Phi) is 5.97. The second-order valence-electron chi connectivity index (χ2n) is 6.20. The third-order valence-corrected chi connectivity index (χ3v) is 4.23. The van der Waals surface area contributed by atoms with Crippen LogP contribution in [0.3, 0.4) is 0 Å². The molecule has 0 spiro atoms. The van der Waals surface area contributed by atoms with E-state index in [1.807, 2.05) is 11.9 Å². The Balaban J connectivity index is 1.76. The van der Waals surface area contributed by atoms with Gasteiger partial charge in [-0.05, 0) is 19.9 Å². The first-order valence-corrected chi connectivity index (χ1v) is 7.87. The first kappa shape index (κ1) is 16.2. The van der Waals surface area contributed by atoms with Gasteiger partial charge in [0.25, 0.3) is 0 Å². The minimum Gasteiger partial charge on any atom is -0.374 e. The molecule has 0 bridgehead atoms. The molecule has 1 saturated heterocycles. The van der Waals surface area contributed by atoms with Gasteiger partial charge in [0.2, 0.25) is 5.91 Å². The van der Waals surface area contributed by atoms with Crippen LogP contribution in [0.5, 0.6) is 0 Å². The van der Waals surface area contributed by atoms with Gasteiger partial charge in [0.05, 0.1) is 25.3 Å². The fourth-order valence-corrected chi connectivity index (χ4v) is 3.12. The number of nitrogens with one attached hydrogen (secondary N) is 2. The first-order valence-electron chi connectivity index (χ1n) is 7.87. The average Bonchev–Trinajstić information content (AvgIpc) is 2.48. The highest BCUT2D eigenvalue weighted by Crippen LogP contribution is 2.27. The molecule has 2 aliphatic rings. The van der Waals surface area contributed by atoms with E-state index in [2.05, 4.69) is 16.7 Å². The van der Waals surface area contributed by atoms with Crippen molar-refractivity contribution in [2.24, 2.45) is 0 Å². The standard InChI is InChI=1S/C15H26N4O2/c1-19(10-13-9-17-7-8-21-13)11-14(20)18-15(12-16)5-3-2-4-6-15/h13,17H,2-11H2,1H3,(H,18,20). The normalized spacial score (nSPS) is 25.3. The van der Waals surface area contributed by atoms with Crippen LogP contribution in [0.1, 0.15) is 32.1 Å². The van der Waals surface area contributed by atoms with Crippen molar-refractivity contribution in [3.8, 4) is 6.07 Å². The van der Waals surface area contributed by atoms with Gasteiger partial charge in [-0.3, -0.25) is 9.69 Å². The molecule has 2 N–H and O–H groups in total. The summed E-state index contributed by atoms with van der Waals surface area (Å²) >= 11 is 0. The highest BCUT2D eigenvalue weighted by atomic mass is 16.5. The van der Waals surface area contributed by atoms with Gasteiger partial charge in [0.15, 0.2) is 0 Å². The van der Waals surface area contributed by atoms with Crippen LogP contribution in [0.2, 0.25) is 0 Å². The Morgan fingerprint density at radius 1 is 1.48 bits per heavy atom. The number of hydrogen-bond acceptors (Lipinski definition) is 5. The summed E-state index contributed by atoms with van der Waals surface area (Å²) < 4.78 is 5.63. The largest absolute Gasteiger partial charge is 0.374 e. The number of morpholine rings is 1. The Morgan fingerprint density at radius 2 is 2.24 bits per heavy atom. The van der Waals surface area contributed by atoms with E-state index in [0.29, 0.717) is 6.54 Å². The summed E-state index contributed by atoms with van der Waals surface area (Å²) in [6, 6.07) is 2.32. The van der Waals surface area contributed by atoms with Crippen molar-refractivity contribution in [2.45, 2.75) is 43.7 Å². The molecule has 6 nitrogen and oxygen atoms in total. The zero-order chi connectivity index (χ0) is 15.1. The lowest BCUT2D eigenvalue weighted by molar-refractivity contribution is -0.124. The molecule has 1 aliphatic heterocycles. The number of ether oxygens (including phenoxy) is 1. The third kappa shape index (κ3) is 4.95. The summed E-state index contributed by atoms with van der Waals surface area (Å²) in [6.07, 6.45) is 4.88. The van der Waals surface area contributed by atoms with Crippen LogP contribution < -0.4 is 10.6 Å². The monoisotopic (exact) mass is 294 g/mol. The predicted octanol–water partition coefficient (Wildman–Crippen LogP) is 0.249. The van der Waals surface area contributed by atoms with Crippen LogP contribution in [-0.4, -0.2) is 62.3 Å². The van der Waals surface area contributed by atoms with Crippen LogP contribution in [0.4, 0.5) is 0 Å². The molecule has 0 aromatic carbocycles. The van der Waals surface area contributed by atoms with Gasteiger partial charge in [-0.15, -0.1) is 0 Å². The maximum Gasteiger partial charge on any atom is 0.235 e. The molecular weight excluding hydrogens is 268 g/mol. The lowest BCUT2D eigenvalue weighted by atomic mass is 9.83. The van der Waals surface area contributed by atoms with Crippen molar-refractivity contribution in [1.82, 2.24) is 15.5 Å². The maximum atomic E-state index is 12.2. The van der Waals surface area contributed by atoms with Gasteiger partial charge < -0.3 is 15.4 Å². The van der Waals surface area contributed by atoms with E-state index in [1.165, 1.54) is 0 Å². The van der Waals surface area contributed by atoms with Crippen LogP contribution in [0, 0.1) is 11.3 Å². The van der Waals surface area contributed by atoms with E-state index in [0.717, 1.165) is 58.3 Å². The van der Waals surface area contributed by atoms with Crippen molar-refractivity contribution < 1.29 is 9.53 Å². The number of rotatable bonds is 5. The second-order valence-corrected chi connectivity index (χ2v) is 6.20. The molecule has 0 radical (unpaired) electrons. The zero-order valence-electron chi connectivity index (χ0n) is 12.9. The number of carbonyl (C=O) groups excluding carboxylic acids is 1. The molecule has 1 heterocycles. The lowest BCUT2D eigenvalue weighted by Crippen LogP contribution is -2.52. The van der Waals surface area contributed by atoms with E-state index in [-0.39, 0.29) is 12.0 Å². The topological polar surface area (TPSA) is 77.4 Å². The van der Waals surface area contributed by atoms with Crippen LogP contribution >= 0.6 is 0 Å². The SMILES string of the molecule is CN(CC(=O)NC1(C#N)CCCCC1)CC1CNCCO1. The summed E-state index contributed by atoms with van der Waals surface area (Å²) in [5, 5.41) is 15.6. The number of hydrogen-bond donors (Lipinski definition) is 2. The van der Waals surface area contributed by atoms with E-state index < -0.39 is 5.54 Å². The minimum atomic E-state index is -0.640. The number of likely N-dealkylation sites (N-methyl/N-ethyl adjacent to an activating group) is 1. The number of nitriles is 1. The molecule has 0 aromatic rings. The molecule has 118 valence electrons. The molecule has 1 unspecified atom stereocenters. The molecule has 1 aliphatic carbocycles. The van der Waals surface area contributed by atoms with Gasteiger partial charge in [-0.1, -0.05) is 19.3 Å². The summed E-state index contributed by atoms with van der Waals surface area (Å²) in [5.74, 6) is -0.0651. The van der Waals surface area contributed by atoms with Crippen molar-refractivity contribution in [1.29, 1.82) is 5.26 Å². The molecule has 1 atom stereocenters. The molecule has 2 fully saturated rings. The minimum absolute atomic E-state index is 0.0651. The fraction of sp³-hybridized carbons (Fsp3) is 0.867. The zero-order valence-corrected chi connectivity index (χ0v) is 12.9. The number of carbonyl (C=O) groups is 1. The maximum absolute atomic E-state index is 12.2. The highest BCUT2D eigenvalue weighted by molar-refractivity contribution is 5.79. The average molecular weight is 294 g/mol. The van der Waals surface area contributed by atoms with Crippen molar-refractivity contribution in [2.75, 3.05) is 39.8 Å². The molecule has 2 rings (SSSR count). The van der Waals surface area contributed by atoms with Gasteiger partial charge in [-0.25, -0.2) is 0 Å². The van der Waals surface area contributed by atoms with Crippen molar-refractivity contribution in [3.05, 3.63) is 0 Å². The smallest absolute Gasteiger partial charge is 0.235 e. The Hall–Kier alpha value is -1.16. The van der Waals surface area contributed by atoms with Crippen molar-refractivity contribution in [3.63, 3.8) is 0 Å². The van der Waals surface area contributed by atoms with Crippen LogP contribution in [0.25, 0.3) is 0 Å². The highest BCUT2D eigenvalue weighted by Gasteiger charge is 2.33. The van der Waals surface area contributed by atoms with E-state index in [1.54, 1.807) is 0 Å². The molecule has 6 heteroatoms. The second kappa shape index (κ2) is 7.74. The van der Waals surface area contributed by atoms with E-state index >= 15 is 0 Å². The fourth-order valence-electron chi connectivity index (χ4n) is 3.12. The number of amides is 1. The number of nitrogens with zero attached hydrogens (tertiary/aromatic N) is 2. The Bertz CT molecular complexity index is 382. The first-order chi connectivity index (χ1) is 10.1. The molecule has 1 saturated carbocycles. The van der Waals surface area contributed by atoms with Crippen molar-refractivity contribution >= 4 is 5.91 Å². The summed E-state index contributed by atoms with van der Waals surface area (Å²) in [7, 11) is 1.91. The van der Waals surface area contributed by atoms with E-state index in [4.69, 9.17) is 4.74 Å².